The number of carbonyl (C=O) groups excluding carboxylic acids is 1. The van der Waals surface area contributed by atoms with Crippen molar-refractivity contribution in [3.05, 3.63) is 56.9 Å². The summed E-state index contributed by atoms with van der Waals surface area (Å²) >= 11 is 7.98. The van der Waals surface area contributed by atoms with E-state index in [0.717, 1.165) is 9.26 Å². The predicted octanol–water partition coefficient (Wildman–Crippen LogP) is 4.52. The number of hydrogen-bond donors (Lipinski definition) is 2. The summed E-state index contributed by atoms with van der Waals surface area (Å²) in [5, 5.41) is 5.95. The van der Waals surface area contributed by atoms with Gasteiger partial charge in [0.1, 0.15) is 11.9 Å². The highest BCUT2D eigenvalue weighted by molar-refractivity contribution is 14.1. The van der Waals surface area contributed by atoms with Crippen LogP contribution >= 0.6 is 34.2 Å². The van der Waals surface area contributed by atoms with Gasteiger partial charge in [-0.05, 0) is 65.9 Å². The van der Waals surface area contributed by atoms with Crippen molar-refractivity contribution in [3.8, 4) is 0 Å². The van der Waals surface area contributed by atoms with Gasteiger partial charge in [-0.1, -0.05) is 17.7 Å². The maximum atomic E-state index is 13.6. The first-order valence-corrected chi connectivity index (χ1v) is 7.69. The molecule has 0 saturated heterocycles. The van der Waals surface area contributed by atoms with Crippen molar-refractivity contribution in [2.45, 2.75) is 13.0 Å². The molecule has 0 saturated carbocycles. The molecule has 21 heavy (non-hydrogen) atoms. The van der Waals surface area contributed by atoms with Gasteiger partial charge in [0, 0.05) is 14.3 Å². The second-order valence-corrected chi connectivity index (χ2v) is 6.17. The van der Waals surface area contributed by atoms with Gasteiger partial charge in [0.05, 0.1) is 5.69 Å². The molecule has 2 aromatic carbocycles. The Morgan fingerprint density at radius 3 is 2.76 bits per heavy atom. The van der Waals surface area contributed by atoms with Gasteiger partial charge in [0.2, 0.25) is 5.91 Å². The van der Waals surface area contributed by atoms with Crippen molar-refractivity contribution in [2.24, 2.45) is 0 Å². The lowest BCUT2D eigenvalue weighted by atomic mass is 10.2. The first kappa shape index (κ1) is 16.0. The zero-order valence-corrected chi connectivity index (χ0v) is 14.1. The topological polar surface area (TPSA) is 41.1 Å². The zero-order chi connectivity index (χ0) is 15.4. The van der Waals surface area contributed by atoms with Crippen LogP contribution in [0.4, 0.5) is 15.8 Å². The summed E-state index contributed by atoms with van der Waals surface area (Å²) in [6.45, 7) is 1.71. The van der Waals surface area contributed by atoms with E-state index in [0.29, 0.717) is 5.02 Å². The van der Waals surface area contributed by atoms with Crippen molar-refractivity contribution >= 4 is 51.5 Å². The monoisotopic (exact) mass is 418 g/mol. The zero-order valence-electron chi connectivity index (χ0n) is 11.2. The fourth-order valence-corrected chi connectivity index (χ4v) is 2.44. The molecule has 0 radical (unpaired) electrons. The Balaban J connectivity index is 2.04. The molecule has 2 rings (SSSR count). The van der Waals surface area contributed by atoms with Crippen LogP contribution in [0.25, 0.3) is 0 Å². The molecule has 0 fully saturated rings. The van der Waals surface area contributed by atoms with Gasteiger partial charge in [-0.25, -0.2) is 4.39 Å². The molecular formula is C15H13ClFIN2O. The van der Waals surface area contributed by atoms with Gasteiger partial charge < -0.3 is 10.6 Å². The third-order valence-electron chi connectivity index (χ3n) is 2.79. The minimum atomic E-state index is -0.519. The summed E-state index contributed by atoms with van der Waals surface area (Å²) in [6, 6.07) is 11.2. The van der Waals surface area contributed by atoms with E-state index in [1.165, 1.54) is 18.2 Å². The number of hydrogen-bond acceptors (Lipinski definition) is 2. The minimum Gasteiger partial charge on any atom is -0.374 e. The molecule has 0 aliphatic heterocycles. The van der Waals surface area contributed by atoms with E-state index in [9.17, 15) is 9.18 Å². The van der Waals surface area contributed by atoms with Crippen molar-refractivity contribution in [1.82, 2.24) is 0 Å². The van der Waals surface area contributed by atoms with Crippen LogP contribution in [-0.4, -0.2) is 11.9 Å². The lowest BCUT2D eigenvalue weighted by Crippen LogP contribution is -2.32. The SMILES string of the molecule is CC(Nc1cccc(I)c1)C(=O)Nc1cc(Cl)ccc1F. The second kappa shape index (κ2) is 7.09. The van der Waals surface area contributed by atoms with Crippen molar-refractivity contribution in [1.29, 1.82) is 0 Å². The molecule has 0 spiro atoms. The van der Waals surface area contributed by atoms with E-state index in [-0.39, 0.29) is 11.6 Å². The number of anilines is 2. The third-order valence-corrected chi connectivity index (χ3v) is 3.69. The van der Waals surface area contributed by atoms with E-state index in [1.807, 2.05) is 24.3 Å². The van der Waals surface area contributed by atoms with Crippen molar-refractivity contribution in [2.75, 3.05) is 10.6 Å². The largest absolute Gasteiger partial charge is 0.374 e. The normalized spacial score (nSPS) is 11.8. The molecule has 3 nitrogen and oxygen atoms in total. The van der Waals surface area contributed by atoms with Crippen LogP contribution in [-0.2, 0) is 4.79 Å². The molecule has 6 heteroatoms. The fraction of sp³-hybridized carbons (Fsp3) is 0.133. The summed E-state index contributed by atoms with van der Waals surface area (Å²) in [6.07, 6.45) is 0. The molecule has 2 N–H and O–H groups in total. The fourth-order valence-electron chi connectivity index (χ4n) is 1.73. The highest BCUT2D eigenvalue weighted by atomic mass is 127. The molecule has 1 amide bonds. The summed E-state index contributed by atoms with van der Waals surface area (Å²) in [4.78, 5) is 12.1. The quantitative estimate of drug-likeness (QED) is 0.717. The smallest absolute Gasteiger partial charge is 0.246 e. The second-order valence-electron chi connectivity index (χ2n) is 4.49. The Bertz CT molecular complexity index is 666. The van der Waals surface area contributed by atoms with Gasteiger partial charge in [-0.3, -0.25) is 4.79 Å². The third kappa shape index (κ3) is 4.57. The van der Waals surface area contributed by atoms with E-state index >= 15 is 0 Å². The van der Waals surface area contributed by atoms with Crippen LogP contribution in [0, 0.1) is 9.39 Å². The Labute approximate surface area is 141 Å². The van der Waals surface area contributed by atoms with Gasteiger partial charge in [-0.2, -0.15) is 0 Å². The highest BCUT2D eigenvalue weighted by Gasteiger charge is 2.15. The number of halogens is 3. The molecule has 0 bridgehead atoms. The van der Waals surface area contributed by atoms with Crippen molar-refractivity contribution < 1.29 is 9.18 Å². The lowest BCUT2D eigenvalue weighted by Gasteiger charge is -2.16. The summed E-state index contributed by atoms with van der Waals surface area (Å²) < 4.78 is 14.6. The summed E-state index contributed by atoms with van der Waals surface area (Å²) in [5.74, 6) is -0.857. The van der Waals surface area contributed by atoms with Gasteiger partial charge in [-0.15, -0.1) is 0 Å². The molecular weight excluding hydrogens is 406 g/mol. The maximum absolute atomic E-state index is 13.6. The summed E-state index contributed by atoms with van der Waals surface area (Å²) in [7, 11) is 0. The standard InChI is InChI=1S/C15H13ClFIN2O/c1-9(19-12-4-2-3-11(18)8-12)15(21)20-14-7-10(16)5-6-13(14)17/h2-9,19H,1H3,(H,20,21). The number of rotatable bonds is 4. The molecule has 2 aromatic rings. The highest BCUT2D eigenvalue weighted by Crippen LogP contribution is 2.20. The van der Waals surface area contributed by atoms with E-state index in [4.69, 9.17) is 11.6 Å². The Hall–Kier alpha value is -1.34. The molecule has 0 aliphatic rings. The molecule has 0 aliphatic carbocycles. The molecule has 110 valence electrons. The molecule has 0 aromatic heterocycles. The van der Waals surface area contributed by atoms with Crippen LogP contribution in [0.5, 0.6) is 0 Å². The molecule has 0 heterocycles. The first-order valence-electron chi connectivity index (χ1n) is 6.24. The van der Waals surface area contributed by atoms with Crippen molar-refractivity contribution in [3.63, 3.8) is 0 Å². The molecule has 1 unspecified atom stereocenters. The predicted molar refractivity (Wildman–Crippen MR) is 92.3 cm³/mol. The van der Waals surface area contributed by atoms with Gasteiger partial charge >= 0.3 is 0 Å². The number of nitrogens with one attached hydrogen (secondary N) is 2. The van der Waals surface area contributed by atoms with Crippen LogP contribution in [0.15, 0.2) is 42.5 Å². The van der Waals surface area contributed by atoms with Gasteiger partial charge in [0.15, 0.2) is 0 Å². The summed E-state index contributed by atoms with van der Waals surface area (Å²) in [5.41, 5.74) is 0.903. The van der Waals surface area contributed by atoms with Crippen LogP contribution in [0.3, 0.4) is 0 Å². The lowest BCUT2D eigenvalue weighted by molar-refractivity contribution is -0.116. The number of benzene rings is 2. The molecule has 1 atom stereocenters. The van der Waals surface area contributed by atoms with Crippen LogP contribution in [0.1, 0.15) is 6.92 Å². The van der Waals surface area contributed by atoms with Crippen LogP contribution < -0.4 is 10.6 Å². The van der Waals surface area contributed by atoms with Gasteiger partial charge in [0.25, 0.3) is 0 Å². The maximum Gasteiger partial charge on any atom is 0.246 e. The van der Waals surface area contributed by atoms with E-state index < -0.39 is 11.9 Å². The Morgan fingerprint density at radius 2 is 2.05 bits per heavy atom. The van der Waals surface area contributed by atoms with E-state index in [2.05, 4.69) is 33.2 Å². The number of amides is 1. The minimum absolute atomic E-state index is 0.0730. The first-order chi connectivity index (χ1) is 9.95. The average molecular weight is 419 g/mol. The average Bonchev–Trinajstić information content (AvgIpc) is 2.43. The van der Waals surface area contributed by atoms with E-state index in [1.54, 1.807) is 6.92 Å². The van der Waals surface area contributed by atoms with Crippen LogP contribution in [0.2, 0.25) is 5.02 Å². The Kier molecular flexibility index (Phi) is 5.41. The Morgan fingerprint density at radius 1 is 1.29 bits per heavy atom. The number of carbonyl (C=O) groups is 1.